The van der Waals surface area contributed by atoms with Gasteiger partial charge in [-0.3, -0.25) is 4.99 Å². The number of rotatable bonds is 2. The van der Waals surface area contributed by atoms with E-state index in [1.165, 1.54) is 16.7 Å². The third kappa shape index (κ3) is 2.01. The molecule has 0 aromatic carbocycles. The summed E-state index contributed by atoms with van der Waals surface area (Å²) >= 11 is 1.70. The van der Waals surface area contributed by atoms with Crippen LogP contribution in [0.3, 0.4) is 0 Å². The van der Waals surface area contributed by atoms with Gasteiger partial charge in [-0.1, -0.05) is 38.3 Å². The molecule has 0 amide bonds. The highest BCUT2D eigenvalue weighted by molar-refractivity contribution is 8.17. The predicted molar refractivity (Wildman–Crippen MR) is 66.8 cm³/mol. The van der Waals surface area contributed by atoms with Crippen LogP contribution in [0.25, 0.3) is 0 Å². The van der Waals surface area contributed by atoms with Crippen molar-refractivity contribution in [3.63, 3.8) is 0 Å². The first-order valence-corrected chi connectivity index (χ1v) is 5.67. The fraction of sp³-hybridized carbons (Fsp3) is 0.417. The lowest BCUT2D eigenvalue weighted by Crippen LogP contribution is -2.02. The van der Waals surface area contributed by atoms with Gasteiger partial charge >= 0.3 is 0 Å². The Bertz CT molecular complexity index is 332. The Morgan fingerprint density at radius 1 is 1.57 bits per heavy atom. The number of allylic oxidation sites excluding steroid dienone is 3. The van der Waals surface area contributed by atoms with E-state index in [1.54, 1.807) is 11.8 Å². The molecule has 1 aliphatic rings. The summed E-state index contributed by atoms with van der Waals surface area (Å²) in [5, 5.41) is 3.27. The third-order valence-corrected chi connectivity index (χ3v) is 3.37. The van der Waals surface area contributed by atoms with Crippen LogP contribution in [0.1, 0.15) is 20.8 Å². The number of nitrogens with zero attached hydrogens (tertiary/aromatic N) is 1. The zero-order valence-electron chi connectivity index (χ0n) is 9.29. The van der Waals surface area contributed by atoms with Crippen LogP contribution in [-0.2, 0) is 0 Å². The van der Waals surface area contributed by atoms with E-state index in [4.69, 9.17) is 0 Å². The van der Waals surface area contributed by atoms with Gasteiger partial charge in [-0.05, 0) is 29.4 Å². The minimum absolute atomic E-state index is 0.501. The topological polar surface area (TPSA) is 12.4 Å². The molecule has 1 aliphatic heterocycles. The maximum atomic E-state index is 4.29. The van der Waals surface area contributed by atoms with E-state index >= 15 is 0 Å². The molecule has 2 heteroatoms. The molecule has 0 aliphatic carbocycles. The molecule has 1 nitrogen and oxygen atoms in total. The van der Waals surface area contributed by atoms with Gasteiger partial charge in [0.15, 0.2) is 0 Å². The smallest absolute Gasteiger partial charge is 0.102 e. The monoisotopic (exact) mass is 207 g/mol. The summed E-state index contributed by atoms with van der Waals surface area (Å²) in [6.07, 6.45) is 1.95. The van der Waals surface area contributed by atoms with Crippen molar-refractivity contribution in [2.24, 2.45) is 10.9 Å². The Morgan fingerprint density at radius 2 is 2.21 bits per heavy atom. The molecule has 0 N–H and O–H groups in total. The van der Waals surface area contributed by atoms with E-state index < -0.39 is 0 Å². The quantitative estimate of drug-likeness (QED) is 0.671. The first-order chi connectivity index (χ1) is 6.61. The molecule has 0 saturated heterocycles. The molecule has 0 spiro atoms. The molecule has 1 rings (SSSR count). The van der Waals surface area contributed by atoms with E-state index in [-0.39, 0.29) is 0 Å². The lowest BCUT2D eigenvalue weighted by atomic mass is 9.94. The maximum Gasteiger partial charge on any atom is 0.102 e. The van der Waals surface area contributed by atoms with Crippen LogP contribution < -0.4 is 0 Å². The van der Waals surface area contributed by atoms with Crippen molar-refractivity contribution >= 4 is 16.8 Å². The molecule has 0 saturated carbocycles. The van der Waals surface area contributed by atoms with E-state index in [0.29, 0.717) is 5.92 Å². The minimum Gasteiger partial charge on any atom is -0.281 e. The van der Waals surface area contributed by atoms with Gasteiger partial charge < -0.3 is 0 Å². The Kier molecular flexibility index (Phi) is 3.76. The Balaban J connectivity index is 3.26. The molecule has 0 aromatic heterocycles. The second-order valence-corrected chi connectivity index (χ2v) is 4.49. The van der Waals surface area contributed by atoms with E-state index in [1.807, 2.05) is 13.1 Å². The number of hydrogen-bond donors (Lipinski definition) is 0. The zero-order valence-corrected chi connectivity index (χ0v) is 10.1. The van der Waals surface area contributed by atoms with Crippen LogP contribution in [0.2, 0.25) is 0 Å². The maximum absolute atomic E-state index is 4.29. The van der Waals surface area contributed by atoms with Gasteiger partial charge in [0.2, 0.25) is 0 Å². The average Bonchev–Trinajstić information content (AvgIpc) is 2.49. The SMILES string of the molecule is C=C/C(=C1/C(C)=CSC1=NC)C(C)C. The molecule has 14 heavy (non-hydrogen) atoms. The number of hydrogen-bond acceptors (Lipinski definition) is 2. The summed E-state index contributed by atoms with van der Waals surface area (Å²) < 4.78 is 0. The number of thioether (sulfide) groups is 1. The second-order valence-electron chi connectivity index (χ2n) is 3.64. The van der Waals surface area contributed by atoms with E-state index in [9.17, 15) is 0 Å². The highest BCUT2D eigenvalue weighted by atomic mass is 32.2. The fourth-order valence-electron chi connectivity index (χ4n) is 1.57. The summed E-state index contributed by atoms with van der Waals surface area (Å²) in [5.74, 6) is 0.501. The molecule has 76 valence electrons. The second kappa shape index (κ2) is 4.65. The van der Waals surface area contributed by atoms with Crippen molar-refractivity contribution < 1.29 is 0 Å². The summed E-state index contributed by atoms with van der Waals surface area (Å²) in [5.41, 5.74) is 3.88. The van der Waals surface area contributed by atoms with Crippen LogP contribution in [-0.4, -0.2) is 12.1 Å². The van der Waals surface area contributed by atoms with Crippen molar-refractivity contribution in [1.29, 1.82) is 0 Å². The van der Waals surface area contributed by atoms with Crippen molar-refractivity contribution in [1.82, 2.24) is 0 Å². The van der Waals surface area contributed by atoms with Gasteiger partial charge in [-0.25, -0.2) is 0 Å². The van der Waals surface area contributed by atoms with Crippen LogP contribution >= 0.6 is 11.8 Å². The summed E-state index contributed by atoms with van der Waals surface area (Å²) in [6, 6.07) is 0. The predicted octanol–water partition coefficient (Wildman–Crippen LogP) is 3.80. The van der Waals surface area contributed by atoms with Crippen LogP contribution in [0.4, 0.5) is 0 Å². The van der Waals surface area contributed by atoms with E-state index in [0.717, 1.165) is 5.04 Å². The largest absolute Gasteiger partial charge is 0.281 e. The first-order valence-electron chi connectivity index (χ1n) is 4.79. The Morgan fingerprint density at radius 3 is 2.64 bits per heavy atom. The van der Waals surface area contributed by atoms with Crippen LogP contribution in [0.15, 0.2) is 39.8 Å². The standard InChI is InChI=1S/C12H17NS/c1-6-10(8(2)3)11-9(4)7-14-12(11)13-5/h6-8H,1H2,2-5H3/b11-10+,13-12?. The Hall–Kier alpha value is -0.760. The van der Waals surface area contributed by atoms with Crippen LogP contribution in [0.5, 0.6) is 0 Å². The zero-order chi connectivity index (χ0) is 10.7. The van der Waals surface area contributed by atoms with Gasteiger partial charge in [0, 0.05) is 12.6 Å². The molecule has 0 bridgehead atoms. The molecule has 0 fully saturated rings. The first kappa shape index (κ1) is 11.3. The molecule has 0 radical (unpaired) electrons. The lowest BCUT2D eigenvalue weighted by molar-refractivity contribution is 0.787. The van der Waals surface area contributed by atoms with Gasteiger partial charge in [0.05, 0.1) is 0 Å². The lowest BCUT2D eigenvalue weighted by Gasteiger charge is -2.12. The molecular weight excluding hydrogens is 190 g/mol. The van der Waals surface area contributed by atoms with Gasteiger partial charge in [0.25, 0.3) is 0 Å². The summed E-state index contributed by atoms with van der Waals surface area (Å²) in [4.78, 5) is 4.29. The third-order valence-electron chi connectivity index (χ3n) is 2.29. The van der Waals surface area contributed by atoms with Crippen molar-refractivity contribution in [3.8, 4) is 0 Å². The van der Waals surface area contributed by atoms with Gasteiger partial charge in [-0.15, -0.1) is 0 Å². The fourth-order valence-corrected chi connectivity index (χ4v) is 2.48. The van der Waals surface area contributed by atoms with Crippen LogP contribution in [0, 0.1) is 5.92 Å². The molecule has 1 heterocycles. The molecule has 0 aromatic rings. The average molecular weight is 207 g/mol. The summed E-state index contributed by atoms with van der Waals surface area (Å²) in [6.45, 7) is 10.4. The van der Waals surface area contributed by atoms with E-state index in [2.05, 4.69) is 37.8 Å². The Labute approximate surface area is 90.7 Å². The number of aliphatic imine (C=N–C) groups is 1. The molecule has 0 unspecified atom stereocenters. The molecule has 0 atom stereocenters. The molecular formula is C12H17NS. The van der Waals surface area contributed by atoms with Crippen molar-refractivity contribution in [2.45, 2.75) is 20.8 Å². The minimum atomic E-state index is 0.501. The highest BCUT2D eigenvalue weighted by Crippen LogP contribution is 2.34. The van der Waals surface area contributed by atoms with Crippen molar-refractivity contribution in [3.05, 3.63) is 34.8 Å². The van der Waals surface area contributed by atoms with Gasteiger partial charge in [-0.2, -0.15) is 0 Å². The normalized spacial score (nSPS) is 22.9. The van der Waals surface area contributed by atoms with Gasteiger partial charge in [0.1, 0.15) is 5.04 Å². The highest BCUT2D eigenvalue weighted by Gasteiger charge is 2.20. The summed E-state index contributed by atoms with van der Waals surface area (Å²) in [7, 11) is 1.84. The van der Waals surface area contributed by atoms with Crippen molar-refractivity contribution in [2.75, 3.05) is 7.05 Å².